The standard InChI is InChI=1S/C21H23N5O4/c1-25-12-15(11-22-25)21-23-20(24-30-21)16-5-3-2-4-8-26(16)19(27)10-14-6-7-17-18(9-14)29-13-28-17/h6-7,9,11-12,16H,2-5,8,10,13H2,1H3. The molecule has 156 valence electrons. The van der Waals surface area contributed by atoms with Crippen LogP contribution in [0.25, 0.3) is 11.5 Å². The highest BCUT2D eigenvalue weighted by Gasteiger charge is 2.31. The minimum atomic E-state index is -0.191. The smallest absolute Gasteiger partial charge is 0.261 e. The van der Waals surface area contributed by atoms with Crippen molar-refractivity contribution in [3.05, 3.63) is 42.0 Å². The molecule has 9 nitrogen and oxygen atoms in total. The maximum Gasteiger partial charge on any atom is 0.261 e. The minimum Gasteiger partial charge on any atom is -0.454 e. The van der Waals surface area contributed by atoms with E-state index in [1.54, 1.807) is 10.9 Å². The Bertz CT molecular complexity index is 1060. The van der Waals surface area contributed by atoms with Crippen LogP contribution in [0.2, 0.25) is 0 Å². The van der Waals surface area contributed by atoms with Gasteiger partial charge in [0.1, 0.15) is 0 Å². The number of carbonyl (C=O) groups excluding carboxylic acids is 1. The molecule has 0 radical (unpaired) electrons. The molecule has 5 rings (SSSR count). The molecule has 1 unspecified atom stereocenters. The van der Waals surface area contributed by atoms with Crippen molar-refractivity contribution in [1.29, 1.82) is 0 Å². The third kappa shape index (κ3) is 3.62. The number of likely N-dealkylation sites (tertiary alicyclic amines) is 1. The highest BCUT2D eigenvalue weighted by atomic mass is 16.7. The number of amides is 1. The Morgan fingerprint density at radius 2 is 2.10 bits per heavy atom. The van der Waals surface area contributed by atoms with E-state index in [2.05, 4.69) is 15.2 Å². The zero-order chi connectivity index (χ0) is 20.5. The summed E-state index contributed by atoms with van der Waals surface area (Å²) in [7, 11) is 1.84. The molecule has 3 aromatic rings. The number of aryl methyl sites for hydroxylation is 1. The van der Waals surface area contributed by atoms with Gasteiger partial charge in [-0.15, -0.1) is 0 Å². The summed E-state index contributed by atoms with van der Waals surface area (Å²) in [5, 5.41) is 8.35. The first-order valence-corrected chi connectivity index (χ1v) is 10.2. The van der Waals surface area contributed by atoms with Crippen LogP contribution < -0.4 is 9.47 Å². The van der Waals surface area contributed by atoms with E-state index in [1.165, 1.54) is 0 Å². The van der Waals surface area contributed by atoms with E-state index in [1.807, 2.05) is 36.3 Å². The largest absolute Gasteiger partial charge is 0.454 e. The van der Waals surface area contributed by atoms with E-state index in [4.69, 9.17) is 14.0 Å². The van der Waals surface area contributed by atoms with Gasteiger partial charge in [0.2, 0.25) is 12.7 Å². The molecular formula is C21H23N5O4. The van der Waals surface area contributed by atoms with Crippen molar-refractivity contribution in [2.75, 3.05) is 13.3 Å². The molecule has 1 amide bonds. The molecule has 0 saturated carbocycles. The van der Waals surface area contributed by atoms with E-state index in [0.717, 1.165) is 36.8 Å². The number of rotatable bonds is 4. The first-order valence-electron chi connectivity index (χ1n) is 10.2. The third-order valence-corrected chi connectivity index (χ3v) is 5.56. The highest BCUT2D eigenvalue weighted by Crippen LogP contribution is 2.34. The minimum absolute atomic E-state index is 0.0495. The second-order valence-corrected chi connectivity index (χ2v) is 7.68. The first kappa shape index (κ1) is 18.7. The maximum absolute atomic E-state index is 13.2. The fourth-order valence-corrected chi connectivity index (χ4v) is 4.02. The lowest BCUT2D eigenvalue weighted by molar-refractivity contribution is -0.133. The lowest BCUT2D eigenvalue weighted by atomic mass is 10.1. The van der Waals surface area contributed by atoms with Gasteiger partial charge in [0.15, 0.2) is 17.3 Å². The Morgan fingerprint density at radius 1 is 1.20 bits per heavy atom. The van der Waals surface area contributed by atoms with Crippen molar-refractivity contribution in [3.63, 3.8) is 0 Å². The Morgan fingerprint density at radius 3 is 2.97 bits per heavy atom. The van der Waals surface area contributed by atoms with Crippen molar-refractivity contribution in [2.24, 2.45) is 7.05 Å². The molecule has 1 saturated heterocycles. The summed E-state index contributed by atoms with van der Waals surface area (Å²) in [6.07, 6.45) is 7.70. The molecule has 1 atom stereocenters. The lowest BCUT2D eigenvalue weighted by Crippen LogP contribution is -2.36. The second-order valence-electron chi connectivity index (χ2n) is 7.68. The van der Waals surface area contributed by atoms with E-state index in [0.29, 0.717) is 36.2 Å². The fourth-order valence-electron chi connectivity index (χ4n) is 4.02. The number of hydrogen-bond acceptors (Lipinski definition) is 7. The maximum atomic E-state index is 13.2. The molecule has 30 heavy (non-hydrogen) atoms. The van der Waals surface area contributed by atoms with Crippen molar-refractivity contribution in [2.45, 2.75) is 38.1 Å². The number of carbonyl (C=O) groups is 1. The number of aromatic nitrogens is 4. The summed E-state index contributed by atoms with van der Waals surface area (Å²) >= 11 is 0. The summed E-state index contributed by atoms with van der Waals surface area (Å²) in [5.74, 6) is 2.43. The van der Waals surface area contributed by atoms with Gasteiger partial charge in [-0.25, -0.2) is 0 Å². The van der Waals surface area contributed by atoms with Gasteiger partial charge >= 0.3 is 0 Å². The van der Waals surface area contributed by atoms with E-state index < -0.39 is 0 Å². The molecule has 0 aliphatic carbocycles. The molecule has 0 spiro atoms. The average molecular weight is 409 g/mol. The van der Waals surface area contributed by atoms with Gasteiger partial charge in [-0.05, 0) is 30.5 Å². The average Bonchev–Trinajstić information content (AvgIpc) is 3.45. The summed E-state index contributed by atoms with van der Waals surface area (Å²) in [5.41, 5.74) is 1.67. The zero-order valence-corrected chi connectivity index (χ0v) is 16.8. The summed E-state index contributed by atoms with van der Waals surface area (Å²) in [6.45, 7) is 0.906. The number of ether oxygens (including phenoxy) is 2. The van der Waals surface area contributed by atoms with E-state index in [-0.39, 0.29) is 18.7 Å². The highest BCUT2D eigenvalue weighted by molar-refractivity contribution is 5.79. The molecule has 2 aliphatic heterocycles. The van der Waals surface area contributed by atoms with Crippen LogP contribution in [0.3, 0.4) is 0 Å². The van der Waals surface area contributed by atoms with Gasteiger partial charge < -0.3 is 18.9 Å². The topological polar surface area (TPSA) is 95.5 Å². The van der Waals surface area contributed by atoms with Gasteiger partial charge in [0, 0.05) is 19.8 Å². The molecule has 0 bridgehead atoms. The van der Waals surface area contributed by atoms with Gasteiger partial charge in [-0.2, -0.15) is 10.1 Å². The monoisotopic (exact) mass is 409 g/mol. The quantitative estimate of drug-likeness (QED) is 0.654. The van der Waals surface area contributed by atoms with Crippen molar-refractivity contribution < 1.29 is 18.8 Å². The van der Waals surface area contributed by atoms with Crippen LogP contribution in [0.4, 0.5) is 0 Å². The Labute approximate surface area is 173 Å². The predicted molar refractivity (Wildman–Crippen MR) is 106 cm³/mol. The fraction of sp³-hybridized carbons (Fsp3) is 0.429. The molecule has 9 heteroatoms. The third-order valence-electron chi connectivity index (χ3n) is 5.56. The molecule has 2 aliphatic rings. The Balaban J connectivity index is 1.37. The lowest BCUT2D eigenvalue weighted by Gasteiger charge is -2.28. The van der Waals surface area contributed by atoms with Crippen molar-refractivity contribution >= 4 is 5.91 Å². The van der Waals surface area contributed by atoms with Gasteiger partial charge in [-0.3, -0.25) is 9.48 Å². The predicted octanol–water partition coefficient (Wildman–Crippen LogP) is 2.89. The van der Waals surface area contributed by atoms with Crippen LogP contribution in [0.5, 0.6) is 11.5 Å². The molecule has 0 N–H and O–H groups in total. The Kier molecular flexibility index (Phi) is 4.86. The van der Waals surface area contributed by atoms with Crippen LogP contribution in [0.1, 0.15) is 43.1 Å². The number of hydrogen-bond donors (Lipinski definition) is 0. The first-order chi connectivity index (χ1) is 14.7. The van der Waals surface area contributed by atoms with Crippen LogP contribution in [-0.2, 0) is 18.3 Å². The normalized spacial score (nSPS) is 18.4. The molecule has 4 heterocycles. The van der Waals surface area contributed by atoms with Crippen LogP contribution >= 0.6 is 0 Å². The van der Waals surface area contributed by atoms with Gasteiger partial charge in [-0.1, -0.05) is 24.1 Å². The number of benzene rings is 1. The Hall–Kier alpha value is -3.36. The van der Waals surface area contributed by atoms with E-state index >= 15 is 0 Å². The number of fused-ring (bicyclic) bond motifs is 1. The van der Waals surface area contributed by atoms with Gasteiger partial charge in [0.05, 0.1) is 24.2 Å². The van der Waals surface area contributed by atoms with Gasteiger partial charge in [0.25, 0.3) is 5.89 Å². The molecule has 1 aromatic carbocycles. The van der Waals surface area contributed by atoms with E-state index in [9.17, 15) is 4.79 Å². The summed E-state index contributed by atoms with van der Waals surface area (Å²) < 4.78 is 18.0. The molecular weight excluding hydrogens is 386 g/mol. The van der Waals surface area contributed by atoms with Crippen molar-refractivity contribution in [1.82, 2.24) is 24.8 Å². The summed E-state index contributed by atoms with van der Waals surface area (Å²) in [6, 6.07) is 5.45. The van der Waals surface area contributed by atoms with Crippen LogP contribution in [0.15, 0.2) is 35.1 Å². The second kappa shape index (κ2) is 7.81. The molecule has 2 aromatic heterocycles. The zero-order valence-electron chi connectivity index (χ0n) is 16.8. The SMILES string of the molecule is Cn1cc(-c2nc(C3CCCCCN3C(=O)Cc3ccc4c(c3)OCO4)no2)cn1. The molecule has 1 fully saturated rings. The van der Waals surface area contributed by atoms with Crippen molar-refractivity contribution in [3.8, 4) is 23.0 Å². The van der Waals surface area contributed by atoms with Crippen LogP contribution in [-0.4, -0.2) is 44.1 Å². The van der Waals surface area contributed by atoms with Crippen LogP contribution in [0, 0.1) is 0 Å². The summed E-state index contributed by atoms with van der Waals surface area (Å²) in [4.78, 5) is 19.7. The number of nitrogens with zero attached hydrogens (tertiary/aromatic N) is 5.